The highest BCUT2D eigenvalue weighted by molar-refractivity contribution is 5.40. The Morgan fingerprint density at radius 2 is 2.18 bits per heavy atom. The number of nitrogens with two attached hydrogens (primary N) is 1. The van der Waals surface area contributed by atoms with E-state index < -0.39 is 0 Å². The van der Waals surface area contributed by atoms with E-state index in [9.17, 15) is 4.79 Å². The summed E-state index contributed by atoms with van der Waals surface area (Å²) in [6.45, 7) is 3.89. The van der Waals surface area contributed by atoms with E-state index in [4.69, 9.17) is 5.73 Å². The fraction of sp³-hybridized carbons (Fsp3) is 0.375. The Balaban J connectivity index is 3.33. The Bertz CT molecular complexity index is 301. The van der Waals surface area contributed by atoms with Crippen molar-refractivity contribution in [2.75, 3.05) is 5.73 Å². The lowest BCUT2D eigenvalue weighted by atomic mass is 10.0. The van der Waals surface area contributed by atoms with E-state index >= 15 is 0 Å². The van der Waals surface area contributed by atoms with Crippen molar-refractivity contribution >= 4 is 5.82 Å². The van der Waals surface area contributed by atoms with E-state index in [-0.39, 0.29) is 11.3 Å². The highest BCUT2D eigenvalue weighted by atomic mass is 16.1. The van der Waals surface area contributed by atoms with Gasteiger partial charge in [0.05, 0.1) is 0 Å². The Morgan fingerprint density at radius 3 is 2.55 bits per heavy atom. The normalized spacial score (nSPS) is 10.5. The molecule has 0 aromatic carbocycles. The largest absolute Gasteiger partial charge is 0.385 e. The summed E-state index contributed by atoms with van der Waals surface area (Å²) in [6.07, 6.45) is 1.56. The SMILES string of the molecule is CC(C)c1c(N)[nH]ccc1=O. The van der Waals surface area contributed by atoms with Gasteiger partial charge in [-0.3, -0.25) is 4.79 Å². The number of hydrogen-bond acceptors (Lipinski definition) is 2. The first-order chi connectivity index (χ1) is 5.13. The molecule has 0 atom stereocenters. The van der Waals surface area contributed by atoms with Crippen LogP contribution in [0.5, 0.6) is 0 Å². The van der Waals surface area contributed by atoms with Crippen LogP contribution >= 0.6 is 0 Å². The summed E-state index contributed by atoms with van der Waals surface area (Å²) in [6, 6.07) is 1.49. The van der Waals surface area contributed by atoms with Crippen molar-refractivity contribution < 1.29 is 0 Å². The average molecular weight is 152 g/mol. The second-order valence-corrected chi connectivity index (χ2v) is 2.82. The zero-order valence-corrected chi connectivity index (χ0v) is 6.72. The summed E-state index contributed by atoms with van der Waals surface area (Å²) in [7, 11) is 0. The zero-order valence-electron chi connectivity index (χ0n) is 6.72. The average Bonchev–Trinajstić information content (AvgIpc) is 1.85. The third-order valence-electron chi connectivity index (χ3n) is 1.61. The molecule has 0 fully saturated rings. The molecule has 3 heteroatoms. The van der Waals surface area contributed by atoms with Crippen LogP contribution in [-0.4, -0.2) is 4.98 Å². The number of pyridine rings is 1. The molecule has 0 saturated carbocycles. The molecule has 0 aliphatic heterocycles. The Hall–Kier alpha value is -1.25. The molecule has 3 nitrogen and oxygen atoms in total. The topological polar surface area (TPSA) is 58.9 Å². The molecule has 1 aromatic heterocycles. The van der Waals surface area contributed by atoms with Crippen molar-refractivity contribution in [2.24, 2.45) is 0 Å². The van der Waals surface area contributed by atoms with Gasteiger partial charge < -0.3 is 10.7 Å². The minimum absolute atomic E-state index is 0.0104. The first-order valence-corrected chi connectivity index (χ1v) is 3.60. The number of rotatable bonds is 1. The Morgan fingerprint density at radius 1 is 1.55 bits per heavy atom. The van der Waals surface area contributed by atoms with Gasteiger partial charge in [0.25, 0.3) is 0 Å². The van der Waals surface area contributed by atoms with E-state index in [1.54, 1.807) is 6.20 Å². The number of H-pyrrole nitrogens is 1. The van der Waals surface area contributed by atoms with Crippen LogP contribution in [0.25, 0.3) is 0 Å². The summed E-state index contributed by atoms with van der Waals surface area (Å²) in [5.74, 6) is 0.660. The van der Waals surface area contributed by atoms with Crippen molar-refractivity contribution in [3.05, 3.63) is 28.0 Å². The van der Waals surface area contributed by atoms with Crippen molar-refractivity contribution in [1.29, 1.82) is 0 Å². The van der Waals surface area contributed by atoms with Crippen molar-refractivity contribution in [2.45, 2.75) is 19.8 Å². The maximum Gasteiger partial charge on any atom is 0.187 e. The number of aromatic nitrogens is 1. The van der Waals surface area contributed by atoms with Crippen molar-refractivity contribution in [1.82, 2.24) is 4.98 Å². The lowest BCUT2D eigenvalue weighted by Crippen LogP contribution is -2.13. The summed E-state index contributed by atoms with van der Waals surface area (Å²) in [5, 5.41) is 0. The third kappa shape index (κ3) is 1.42. The molecule has 60 valence electrons. The molecule has 1 heterocycles. The smallest absolute Gasteiger partial charge is 0.187 e. The molecule has 0 unspecified atom stereocenters. The molecule has 0 aliphatic carbocycles. The third-order valence-corrected chi connectivity index (χ3v) is 1.61. The van der Waals surface area contributed by atoms with Gasteiger partial charge in [0, 0.05) is 17.8 Å². The van der Waals surface area contributed by atoms with E-state index in [0.29, 0.717) is 11.4 Å². The first kappa shape index (κ1) is 7.85. The van der Waals surface area contributed by atoms with Gasteiger partial charge in [-0.1, -0.05) is 13.8 Å². The van der Waals surface area contributed by atoms with Gasteiger partial charge in [-0.25, -0.2) is 0 Å². The van der Waals surface area contributed by atoms with Gasteiger partial charge >= 0.3 is 0 Å². The predicted molar refractivity (Wildman–Crippen MR) is 45.6 cm³/mol. The van der Waals surface area contributed by atoms with Crippen LogP contribution in [0.2, 0.25) is 0 Å². The molecule has 0 bridgehead atoms. The van der Waals surface area contributed by atoms with Crippen LogP contribution < -0.4 is 11.2 Å². The minimum Gasteiger partial charge on any atom is -0.385 e. The van der Waals surface area contributed by atoms with Crippen LogP contribution in [-0.2, 0) is 0 Å². The molecule has 11 heavy (non-hydrogen) atoms. The van der Waals surface area contributed by atoms with Crippen molar-refractivity contribution in [3.8, 4) is 0 Å². The number of nitrogens with one attached hydrogen (secondary N) is 1. The van der Waals surface area contributed by atoms with Gasteiger partial charge in [0.2, 0.25) is 0 Å². The molecular weight excluding hydrogens is 140 g/mol. The molecule has 1 rings (SSSR count). The molecule has 0 radical (unpaired) electrons. The van der Waals surface area contributed by atoms with Gasteiger partial charge in [0.1, 0.15) is 5.82 Å². The summed E-state index contributed by atoms with van der Waals surface area (Å²) >= 11 is 0. The standard InChI is InChI=1S/C8H12N2O/c1-5(2)7-6(11)3-4-10-8(7)9/h3-5H,1-2H3,(H3,9,10,11). The quantitative estimate of drug-likeness (QED) is 0.632. The number of nitrogen functional groups attached to an aromatic ring is 1. The summed E-state index contributed by atoms with van der Waals surface area (Å²) < 4.78 is 0. The molecule has 3 N–H and O–H groups in total. The molecule has 1 aromatic rings. The zero-order chi connectivity index (χ0) is 8.43. The number of anilines is 1. The number of hydrogen-bond donors (Lipinski definition) is 2. The van der Waals surface area contributed by atoms with Gasteiger partial charge in [-0.15, -0.1) is 0 Å². The molecule has 0 aliphatic rings. The van der Waals surface area contributed by atoms with Crippen LogP contribution in [0.1, 0.15) is 25.3 Å². The minimum atomic E-state index is 0.0104. The maximum atomic E-state index is 11.2. The maximum absolute atomic E-state index is 11.2. The van der Waals surface area contributed by atoms with Gasteiger partial charge in [0.15, 0.2) is 5.43 Å². The second-order valence-electron chi connectivity index (χ2n) is 2.82. The lowest BCUT2D eigenvalue weighted by molar-refractivity contribution is 0.853. The monoisotopic (exact) mass is 152 g/mol. The molecule has 0 saturated heterocycles. The fourth-order valence-electron chi connectivity index (χ4n) is 1.10. The molecule has 0 spiro atoms. The molecular formula is C8H12N2O. The fourth-order valence-corrected chi connectivity index (χ4v) is 1.10. The van der Waals surface area contributed by atoms with E-state index in [1.165, 1.54) is 6.07 Å². The van der Waals surface area contributed by atoms with Crippen LogP contribution in [0.15, 0.2) is 17.1 Å². The highest BCUT2D eigenvalue weighted by Crippen LogP contribution is 2.13. The summed E-state index contributed by atoms with van der Waals surface area (Å²) in [5.41, 5.74) is 6.25. The summed E-state index contributed by atoms with van der Waals surface area (Å²) in [4.78, 5) is 14.0. The van der Waals surface area contributed by atoms with E-state index in [2.05, 4.69) is 4.98 Å². The van der Waals surface area contributed by atoms with Gasteiger partial charge in [-0.2, -0.15) is 0 Å². The van der Waals surface area contributed by atoms with Crippen molar-refractivity contribution in [3.63, 3.8) is 0 Å². The van der Waals surface area contributed by atoms with E-state index in [0.717, 1.165) is 0 Å². The Labute approximate surface area is 65.2 Å². The van der Waals surface area contributed by atoms with Gasteiger partial charge in [-0.05, 0) is 5.92 Å². The van der Waals surface area contributed by atoms with E-state index in [1.807, 2.05) is 13.8 Å². The van der Waals surface area contributed by atoms with Crippen LogP contribution in [0.4, 0.5) is 5.82 Å². The lowest BCUT2D eigenvalue weighted by Gasteiger charge is -2.05. The second kappa shape index (κ2) is 2.78. The predicted octanol–water partition coefficient (Wildman–Crippen LogP) is 1.08. The van der Waals surface area contributed by atoms with Crippen LogP contribution in [0, 0.1) is 0 Å². The molecule has 0 amide bonds. The Kier molecular flexibility index (Phi) is 1.98. The number of aromatic amines is 1. The van der Waals surface area contributed by atoms with Crippen LogP contribution in [0.3, 0.4) is 0 Å². The first-order valence-electron chi connectivity index (χ1n) is 3.60. The highest BCUT2D eigenvalue weighted by Gasteiger charge is 2.07.